The highest BCUT2D eigenvalue weighted by molar-refractivity contribution is 5.90. The molecule has 8 heteroatoms. The van der Waals surface area contributed by atoms with Gasteiger partial charge >= 0.3 is 5.97 Å². The summed E-state index contributed by atoms with van der Waals surface area (Å²) in [6, 6.07) is 7.30. The molecule has 1 fully saturated rings. The van der Waals surface area contributed by atoms with Crippen molar-refractivity contribution in [3.63, 3.8) is 0 Å². The number of carbonyl (C=O) groups excluding carboxylic acids is 1. The van der Waals surface area contributed by atoms with Crippen molar-refractivity contribution in [2.24, 2.45) is 5.73 Å². The first-order valence-electron chi connectivity index (χ1n) is 8.25. The van der Waals surface area contributed by atoms with Crippen LogP contribution in [-0.4, -0.2) is 45.6 Å². The summed E-state index contributed by atoms with van der Waals surface area (Å²) in [6.45, 7) is 2.78. The molecule has 0 spiro atoms. The molecule has 0 atom stereocenters. The summed E-state index contributed by atoms with van der Waals surface area (Å²) in [5, 5.41) is 9.75. The molecule has 1 saturated heterocycles. The van der Waals surface area contributed by atoms with E-state index < -0.39 is 17.5 Å². The van der Waals surface area contributed by atoms with Crippen LogP contribution in [0.3, 0.4) is 0 Å². The van der Waals surface area contributed by atoms with Gasteiger partial charge in [0.25, 0.3) is 5.91 Å². The van der Waals surface area contributed by atoms with Gasteiger partial charge in [-0.2, -0.15) is 0 Å². The van der Waals surface area contributed by atoms with Crippen LogP contribution in [0.1, 0.15) is 28.9 Å². The van der Waals surface area contributed by atoms with Crippen LogP contribution >= 0.6 is 0 Å². The Morgan fingerprint density at radius 1 is 1.19 bits per heavy atom. The smallest absolute Gasteiger partial charge is 0.348 e. The van der Waals surface area contributed by atoms with E-state index in [0.717, 1.165) is 5.56 Å². The molecule has 2 aromatic rings. The molecule has 0 bridgehead atoms. The van der Waals surface area contributed by atoms with Crippen molar-refractivity contribution in [1.82, 2.24) is 9.97 Å². The number of amides is 1. The van der Waals surface area contributed by atoms with E-state index in [1.807, 2.05) is 24.0 Å². The van der Waals surface area contributed by atoms with E-state index in [-0.39, 0.29) is 18.5 Å². The first kappa shape index (κ1) is 17.7. The van der Waals surface area contributed by atoms with Crippen LogP contribution < -0.4 is 15.4 Å². The van der Waals surface area contributed by atoms with Crippen molar-refractivity contribution in [1.29, 1.82) is 0 Å². The highest BCUT2D eigenvalue weighted by Gasteiger charge is 2.44. The Kier molecular flexibility index (Phi) is 4.75. The number of aryl methyl sites for hydroxylation is 1. The number of rotatable bonds is 5. The predicted octanol–water partition coefficient (Wildman–Crippen LogP) is 1.39. The van der Waals surface area contributed by atoms with Gasteiger partial charge in [-0.3, -0.25) is 9.78 Å². The molecular formula is C18H20N4O4. The molecule has 1 aromatic heterocycles. The van der Waals surface area contributed by atoms with Crippen LogP contribution in [-0.2, 0) is 4.79 Å². The van der Waals surface area contributed by atoms with Crippen molar-refractivity contribution in [3.05, 3.63) is 47.9 Å². The molecule has 0 saturated carbocycles. The number of nitrogens with zero attached hydrogens (tertiary/aromatic N) is 3. The second kappa shape index (κ2) is 6.99. The van der Waals surface area contributed by atoms with Gasteiger partial charge in [-0.05, 0) is 19.1 Å². The normalized spacial score (nSPS) is 16.1. The summed E-state index contributed by atoms with van der Waals surface area (Å²) >= 11 is 0. The lowest BCUT2D eigenvalue weighted by atomic mass is 9.91. The van der Waals surface area contributed by atoms with Crippen LogP contribution in [0.5, 0.6) is 5.75 Å². The molecule has 136 valence electrons. The molecule has 26 heavy (non-hydrogen) atoms. The number of primary amides is 1. The lowest BCUT2D eigenvalue weighted by Crippen LogP contribution is -2.53. The lowest BCUT2D eigenvalue weighted by Gasteiger charge is -2.39. The molecule has 1 amide bonds. The number of carboxylic acid groups (broad SMARTS) is 1. The Labute approximate surface area is 150 Å². The molecule has 3 rings (SSSR count). The van der Waals surface area contributed by atoms with Crippen LogP contribution in [0, 0.1) is 6.92 Å². The fraction of sp³-hybridized carbons (Fsp3) is 0.333. The minimum Gasteiger partial charge on any atom is -0.478 e. The number of hydrogen-bond donors (Lipinski definition) is 2. The lowest BCUT2D eigenvalue weighted by molar-refractivity contribution is -0.157. The van der Waals surface area contributed by atoms with Gasteiger partial charge in [-0.1, -0.05) is 17.7 Å². The van der Waals surface area contributed by atoms with Gasteiger partial charge in [0.1, 0.15) is 17.3 Å². The Bertz CT molecular complexity index is 814. The fourth-order valence-corrected chi connectivity index (χ4v) is 2.92. The molecule has 0 radical (unpaired) electrons. The Balaban J connectivity index is 1.75. The van der Waals surface area contributed by atoms with Crippen molar-refractivity contribution >= 4 is 17.7 Å². The van der Waals surface area contributed by atoms with Crippen LogP contribution in [0.25, 0.3) is 0 Å². The molecule has 1 aromatic carbocycles. The van der Waals surface area contributed by atoms with Crippen LogP contribution in [0.2, 0.25) is 0 Å². The van der Waals surface area contributed by atoms with Gasteiger partial charge in [0, 0.05) is 25.9 Å². The van der Waals surface area contributed by atoms with Crippen molar-refractivity contribution < 1.29 is 19.4 Å². The third kappa shape index (κ3) is 3.58. The number of nitrogens with two attached hydrogens (primary N) is 1. The van der Waals surface area contributed by atoms with Gasteiger partial charge < -0.3 is 20.5 Å². The zero-order chi connectivity index (χ0) is 18.7. The van der Waals surface area contributed by atoms with E-state index in [2.05, 4.69) is 9.97 Å². The number of hydrogen-bond acceptors (Lipinski definition) is 6. The molecule has 3 N–H and O–H groups in total. The number of ether oxygens (including phenoxy) is 1. The summed E-state index contributed by atoms with van der Waals surface area (Å²) in [4.78, 5) is 33.2. The Morgan fingerprint density at radius 3 is 2.42 bits per heavy atom. The highest BCUT2D eigenvalue weighted by atomic mass is 16.5. The van der Waals surface area contributed by atoms with Gasteiger partial charge in [0.15, 0.2) is 0 Å². The number of anilines is 1. The number of piperidine rings is 1. The third-order valence-corrected chi connectivity index (χ3v) is 4.49. The summed E-state index contributed by atoms with van der Waals surface area (Å²) < 4.78 is 5.87. The molecule has 0 aliphatic carbocycles. The summed E-state index contributed by atoms with van der Waals surface area (Å²) in [7, 11) is 0. The Hall–Kier alpha value is -3.16. The van der Waals surface area contributed by atoms with E-state index in [1.54, 1.807) is 12.1 Å². The molecule has 8 nitrogen and oxygen atoms in total. The monoisotopic (exact) mass is 356 g/mol. The molecule has 1 aliphatic rings. The minimum atomic E-state index is -1.29. The average molecular weight is 356 g/mol. The van der Waals surface area contributed by atoms with Crippen molar-refractivity contribution in [2.45, 2.75) is 25.4 Å². The number of carbonyl (C=O) groups is 2. The summed E-state index contributed by atoms with van der Waals surface area (Å²) in [5.41, 5.74) is 5.09. The van der Waals surface area contributed by atoms with E-state index in [9.17, 15) is 14.7 Å². The zero-order valence-corrected chi connectivity index (χ0v) is 14.4. The molecule has 0 unspecified atom stereocenters. The van der Waals surface area contributed by atoms with Gasteiger partial charge in [0.2, 0.25) is 5.60 Å². The number of benzene rings is 1. The summed E-state index contributed by atoms with van der Waals surface area (Å²) in [6.07, 6.45) is 3.39. The number of aliphatic carboxylic acids is 1. The van der Waals surface area contributed by atoms with Gasteiger partial charge in [-0.15, -0.1) is 0 Å². The first-order valence-corrected chi connectivity index (χ1v) is 8.25. The average Bonchev–Trinajstić information content (AvgIpc) is 2.64. The van der Waals surface area contributed by atoms with E-state index >= 15 is 0 Å². The van der Waals surface area contributed by atoms with E-state index in [1.165, 1.54) is 12.4 Å². The maximum atomic E-state index is 11.9. The van der Waals surface area contributed by atoms with Crippen LogP contribution in [0.15, 0.2) is 36.7 Å². The van der Waals surface area contributed by atoms with Gasteiger partial charge in [0.05, 0.1) is 12.4 Å². The van der Waals surface area contributed by atoms with E-state index in [0.29, 0.717) is 24.7 Å². The fourth-order valence-electron chi connectivity index (χ4n) is 2.92. The van der Waals surface area contributed by atoms with Gasteiger partial charge in [-0.25, -0.2) is 9.78 Å². The Morgan fingerprint density at radius 2 is 1.85 bits per heavy atom. The highest BCUT2D eigenvalue weighted by Crippen LogP contribution is 2.31. The largest absolute Gasteiger partial charge is 0.478 e. The number of aromatic nitrogens is 2. The predicted molar refractivity (Wildman–Crippen MR) is 94.2 cm³/mol. The maximum absolute atomic E-state index is 11.9. The SMILES string of the molecule is Cc1ccc(OC2(C(=O)O)CCN(c3cncc(C(N)=O)n3)CC2)cc1. The maximum Gasteiger partial charge on any atom is 0.348 e. The third-order valence-electron chi connectivity index (χ3n) is 4.49. The quantitative estimate of drug-likeness (QED) is 0.831. The van der Waals surface area contributed by atoms with Crippen molar-refractivity contribution in [3.8, 4) is 5.75 Å². The first-order chi connectivity index (χ1) is 12.4. The second-order valence-electron chi connectivity index (χ2n) is 6.33. The molecule has 2 heterocycles. The topological polar surface area (TPSA) is 119 Å². The molecular weight excluding hydrogens is 336 g/mol. The van der Waals surface area contributed by atoms with Crippen molar-refractivity contribution in [2.75, 3.05) is 18.0 Å². The standard InChI is InChI=1S/C18H20N4O4/c1-12-2-4-13(5-3-12)26-18(17(24)25)6-8-22(9-7-18)15-11-20-10-14(21-15)16(19)23/h2-5,10-11H,6-9H2,1H3,(H2,19,23)(H,24,25). The van der Waals surface area contributed by atoms with Crippen LogP contribution in [0.4, 0.5) is 5.82 Å². The second-order valence-corrected chi connectivity index (χ2v) is 6.33. The number of carboxylic acids is 1. The summed E-state index contributed by atoms with van der Waals surface area (Å²) in [5.74, 6) is -0.619. The zero-order valence-electron chi connectivity index (χ0n) is 14.4. The minimum absolute atomic E-state index is 0.0773. The molecule has 1 aliphatic heterocycles. The van der Waals surface area contributed by atoms with E-state index in [4.69, 9.17) is 10.5 Å².